The Morgan fingerprint density at radius 1 is 1.10 bits per heavy atom. The molecule has 2 aromatic rings. The lowest BCUT2D eigenvalue weighted by Gasteiger charge is -2.30. The van der Waals surface area contributed by atoms with Gasteiger partial charge in [-0.15, -0.1) is 24.0 Å². The third-order valence-corrected chi connectivity index (χ3v) is 4.92. The number of carbonyl (C=O) groups excluding carboxylic acids is 1. The molecule has 5 nitrogen and oxygen atoms in total. The molecule has 0 saturated carbocycles. The smallest absolute Gasteiger partial charge is 0.221 e. The molecule has 2 aromatic carbocycles. The molecule has 1 heterocycles. The van der Waals surface area contributed by atoms with Gasteiger partial charge in [0, 0.05) is 38.8 Å². The summed E-state index contributed by atoms with van der Waals surface area (Å²) < 4.78 is 0. The minimum atomic E-state index is -0.0522. The Morgan fingerprint density at radius 3 is 2.43 bits per heavy atom. The molecule has 1 aliphatic heterocycles. The molecule has 0 atom stereocenters. The lowest BCUT2D eigenvalue weighted by molar-refractivity contribution is -0.114. The number of nitrogens with zero attached hydrogens (tertiary/aromatic N) is 2. The topological polar surface area (TPSA) is 56.7 Å². The van der Waals surface area contributed by atoms with E-state index >= 15 is 0 Å². The highest BCUT2D eigenvalue weighted by atomic mass is 127. The number of nitrogens with one attached hydrogen (secondary N) is 2. The van der Waals surface area contributed by atoms with Crippen molar-refractivity contribution in [2.24, 2.45) is 4.99 Å². The van der Waals surface area contributed by atoms with E-state index in [1.54, 1.807) is 0 Å². The largest absolute Gasteiger partial charge is 0.357 e. The number of guanidine groups is 1. The van der Waals surface area contributed by atoms with Gasteiger partial charge in [0.1, 0.15) is 0 Å². The highest BCUT2D eigenvalue weighted by Gasteiger charge is 2.15. The second kappa shape index (κ2) is 12.4. The van der Waals surface area contributed by atoms with E-state index in [1.165, 1.54) is 23.6 Å². The molecular formula is C24H31IN4O. The van der Waals surface area contributed by atoms with Crippen LogP contribution in [-0.4, -0.2) is 42.9 Å². The summed E-state index contributed by atoms with van der Waals surface area (Å²) in [6.07, 6.45) is 4.21. The molecule has 2 N–H and O–H groups in total. The zero-order valence-electron chi connectivity index (χ0n) is 17.7. The Kier molecular flexibility index (Phi) is 9.86. The lowest BCUT2D eigenvalue weighted by atomic mass is 10.00. The minimum absolute atomic E-state index is 0. The Hall–Kier alpha value is -2.35. The predicted molar refractivity (Wildman–Crippen MR) is 136 cm³/mol. The second-order valence-corrected chi connectivity index (χ2v) is 7.16. The number of amides is 1. The first-order valence-corrected chi connectivity index (χ1v) is 10.3. The number of benzene rings is 2. The van der Waals surface area contributed by atoms with Gasteiger partial charge in [-0.25, -0.2) is 0 Å². The molecule has 0 unspecified atom stereocenters. The summed E-state index contributed by atoms with van der Waals surface area (Å²) in [4.78, 5) is 18.3. The number of rotatable bonds is 6. The number of anilines is 1. The number of carbonyl (C=O) groups is 1. The van der Waals surface area contributed by atoms with Crippen molar-refractivity contribution in [1.29, 1.82) is 0 Å². The standard InChI is InChI=1S/C24H30N4O.HI/c1-3-25-24(26-16-13-20-9-11-23(12-10-20)27-19(2)29)28-17-14-22(15-18-28)21-7-5-4-6-8-21;/h4-12,14H,3,13,15-18H2,1-2H3,(H,25,26)(H,27,29);1H. The summed E-state index contributed by atoms with van der Waals surface area (Å²) in [5.74, 6) is 0.925. The Bertz CT molecular complexity index is 863. The molecule has 1 aliphatic rings. The first kappa shape index (κ1) is 23.9. The zero-order chi connectivity index (χ0) is 20.5. The number of halogens is 1. The van der Waals surface area contributed by atoms with Gasteiger partial charge in [-0.1, -0.05) is 48.5 Å². The first-order valence-electron chi connectivity index (χ1n) is 10.3. The van der Waals surface area contributed by atoms with Crippen LogP contribution in [0.4, 0.5) is 5.69 Å². The van der Waals surface area contributed by atoms with Gasteiger partial charge in [-0.2, -0.15) is 0 Å². The Labute approximate surface area is 196 Å². The SMILES string of the molecule is CCNC(=NCCc1ccc(NC(C)=O)cc1)N1CC=C(c2ccccc2)CC1.I. The predicted octanol–water partition coefficient (Wildman–Crippen LogP) is 4.56. The maximum atomic E-state index is 11.1. The molecule has 0 spiro atoms. The van der Waals surface area contributed by atoms with Crippen LogP contribution in [-0.2, 0) is 11.2 Å². The van der Waals surface area contributed by atoms with E-state index in [0.717, 1.165) is 50.7 Å². The molecule has 6 heteroatoms. The Balaban J connectivity index is 0.00000320. The van der Waals surface area contributed by atoms with Gasteiger partial charge in [-0.05, 0) is 48.6 Å². The van der Waals surface area contributed by atoms with Crippen LogP contribution in [0.15, 0.2) is 65.7 Å². The third-order valence-electron chi connectivity index (χ3n) is 4.92. The van der Waals surface area contributed by atoms with Crippen molar-refractivity contribution in [3.63, 3.8) is 0 Å². The number of hydrogen-bond donors (Lipinski definition) is 2. The molecule has 1 amide bonds. The van der Waals surface area contributed by atoms with Crippen molar-refractivity contribution in [2.45, 2.75) is 26.7 Å². The van der Waals surface area contributed by atoms with Crippen LogP contribution in [0.3, 0.4) is 0 Å². The van der Waals surface area contributed by atoms with Crippen molar-refractivity contribution in [2.75, 3.05) is 31.5 Å². The highest BCUT2D eigenvalue weighted by molar-refractivity contribution is 14.0. The van der Waals surface area contributed by atoms with E-state index in [4.69, 9.17) is 4.99 Å². The van der Waals surface area contributed by atoms with Crippen LogP contribution in [0, 0.1) is 0 Å². The molecule has 0 fully saturated rings. The average Bonchev–Trinajstić information content (AvgIpc) is 2.75. The summed E-state index contributed by atoms with van der Waals surface area (Å²) in [7, 11) is 0. The van der Waals surface area contributed by atoms with E-state index in [-0.39, 0.29) is 29.9 Å². The molecule has 0 saturated heterocycles. The highest BCUT2D eigenvalue weighted by Crippen LogP contribution is 2.22. The van der Waals surface area contributed by atoms with Crippen molar-refractivity contribution >= 4 is 47.1 Å². The van der Waals surface area contributed by atoms with Gasteiger partial charge in [0.05, 0.1) is 0 Å². The zero-order valence-corrected chi connectivity index (χ0v) is 20.1. The molecule has 0 bridgehead atoms. The number of aliphatic imine (C=N–C) groups is 1. The first-order chi connectivity index (χ1) is 14.2. The van der Waals surface area contributed by atoms with Crippen LogP contribution >= 0.6 is 24.0 Å². The van der Waals surface area contributed by atoms with Gasteiger partial charge in [0.15, 0.2) is 5.96 Å². The van der Waals surface area contributed by atoms with Crippen LogP contribution in [0.25, 0.3) is 5.57 Å². The fraction of sp³-hybridized carbons (Fsp3) is 0.333. The normalized spacial score (nSPS) is 13.9. The summed E-state index contributed by atoms with van der Waals surface area (Å²) in [6.45, 7) is 7.05. The molecule has 30 heavy (non-hydrogen) atoms. The van der Waals surface area contributed by atoms with Gasteiger partial charge in [-0.3, -0.25) is 9.79 Å². The van der Waals surface area contributed by atoms with E-state index in [1.807, 2.05) is 24.3 Å². The maximum Gasteiger partial charge on any atom is 0.221 e. The van der Waals surface area contributed by atoms with Crippen LogP contribution < -0.4 is 10.6 Å². The van der Waals surface area contributed by atoms with Crippen LogP contribution in [0.2, 0.25) is 0 Å². The van der Waals surface area contributed by atoms with Crippen molar-refractivity contribution in [3.05, 3.63) is 71.8 Å². The minimum Gasteiger partial charge on any atom is -0.357 e. The fourth-order valence-corrected chi connectivity index (χ4v) is 3.45. The van der Waals surface area contributed by atoms with E-state index in [0.29, 0.717) is 0 Å². The summed E-state index contributed by atoms with van der Waals surface area (Å²) in [6, 6.07) is 18.6. The Morgan fingerprint density at radius 2 is 1.83 bits per heavy atom. The van der Waals surface area contributed by atoms with Gasteiger partial charge >= 0.3 is 0 Å². The van der Waals surface area contributed by atoms with Crippen LogP contribution in [0.1, 0.15) is 31.4 Å². The van der Waals surface area contributed by atoms with Crippen molar-refractivity contribution in [1.82, 2.24) is 10.2 Å². The maximum absolute atomic E-state index is 11.1. The summed E-state index contributed by atoms with van der Waals surface area (Å²) in [5, 5.41) is 6.22. The monoisotopic (exact) mass is 518 g/mol. The van der Waals surface area contributed by atoms with E-state index < -0.39 is 0 Å². The fourth-order valence-electron chi connectivity index (χ4n) is 3.45. The molecular weight excluding hydrogens is 487 g/mol. The van der Waals surface area contributed by atoms with E-state index in [2.05, 4.69) is 58.9 Å². The third kappa shape index (κ3) is 7.16. The summed E-state index contributed by atoms with van der Waals surface area (Å²) >= 11 is 0. The molecule has 0 radical (unpaired) electrons. The van der Waals surface area contributed by atoms with Gasteiger partial charge in [0.2, 0.25) is 5.91 Å². The molecule has 0 aromatic heterocycles. The average molecular weight is 518 g/mol. The molecule has 160 valence electrons. The van der Waals surface area contributed by atoms with Crippen molar-refractivity contribution in [3.8, 4) is 0 Å². The summed E-state index contributed by atoms with van der Waals surface area (Å²) in [5.41, 5.74) is 4.77. The number of hydrogen-bond acceptors (Lipinski definition) is 2. The molecule has 3 rings (SSSR count). The van der Waals surface area contributed by atoms with E-state index in [9.17, 15) is 4.79 Å². The van der Waals surface area contributed by atoms with Gasteiger partial charge < -0.3 is 15.5 Å². The van der Waals surface area contributed by atoms with Crippen molar-refractivity contribution < 1.29 is 4.79 Å². The van der Waals surface area contributed by atoms with Gasteiger partial charge in [0.25, 0.3) is 0 Å². The lowest BCUT2D eigenvalue weighted by Crippen LogP contribution is -2.43. The quantitative estimate of drug-likeness (QED) is 0.335. The second-order valence-electron chi connectivity index (χ2n) is 7.16. The molecule has 0 aliphatic carbocycles. The van der Waals surface area contributed by atoms with Crippen LogP contribution in [0.5, 0.6) is 0 Å².